The minimum absolute atomic E-state index is 0.110. The number of aromatic nitrogens is 2. The van der Waals surface area contributed by atoms with Crippen LogP contribution in [-0.4, -0.2) is 36.6 Å². The first-order chi connectivity index (χ1) is 10.2. The number of ether oxygens (including phenoxy) is 2. The molecule has 0 spiro atoms. The average molecular weight is 297 g/mol. The van der Waals surface area contributed by atoms with Gasteiger partial charge in [0.25, 0.3) is 0 Å². The van der Waals surface area contributed by atoms with Gasteiger partial charge in [0.05, 0.1) is 31.1 Å². The lowest BCUT2D eigenvalue weighted by Gasteiger charge is -2.28. The molecule has 2 unspecified atom stereocenters. The quantitative estimate of drug-likeness (QED) is 0.681. The van der Waals surface area contributed by atoms with E-state index in [4.69, 9.17) is 9.47 Å². The number of nitrogens with zero attached hydrogens (tertiary/aromatic N) is 2. The van der Waals surface area contributed by atoms with Gasteiger partial charge in [0, 0.05) is 13.7 Å². The first-order valence-corrected chi connectivity index (χ1v) is 8.09. The van der Waals surface area contributed by atoms with Crippen molar-refractivity contribution >= 4 is 0 Å². The Morgan fingerprint density at radius 2 is 1.95 bits per heavy atom. The van der Waals surface area contributed by atoms with Gasteiger partial charge in [-0.15, -0.1) is 0 Å². The van der Waals surface area contributed by atoms with Crippen LogP contribution < -0.4 is 10.1 Å². The first-order valence-electron chi connectivity index (χ1n) is 8.09. The van der Waals surface area contributed by atoms with Gasteiger partial charge in [-0.1, -0.05) is 27.2 Å². The van der Waals surface area contributed by atoms with Gasteiger partial charge in [-0.25, -0.2) is 0 Å². The molecular weight excluding hydrogens is 266 g/mol. The highest BCUT2D eigenvalue weighted by atomic mass is 16.5. The molecule has 1 rings (SSSR count). The molecule has 1 heterocycles. The molecule has 0 aromatic carbocycles. The van der Waals surface area contributed by atoms with Gasteiger partial charge in [0.1, 0.15) is 0 Å². The molecule has 5 nitrogen and oxygen atoms in total. The molecule has 122 valence electrons. The van der Waals surface area contributed by atoms with Crippen molar-refractivity contribution in [2.45, 2.75) is 65.1 Å². The molecule has 0 aliphatic carbocycles. The molecule has 1 aromatic rings. The summed E-state index contributed by atoms with van der Waals surface area (Å²) in [6, 6.07) is 0.110. The Balaban J connectivity index is 3.13. The van der Waals surface area contributed by atoms with E-state index >= 15 is 0 Å². The Morgan fingerprint density at radius 1 is 1.19 bits per heavy atom. The van der Waals surface area contributed by atoms with Gasteiger partial charge in [-0.3, -0.25) is 4.68 Å². The van der Waals surface area contributed by atoms with Crippen molar-refractivity contribution in [1.82, 2.24) is 15.1 Å². The number of nitrogens with one attached hydrogen (secondary N) is 1. The van der Waals surface area contributed by atoms with Crippen LogP contribution in [0.15, 0.2) is 6.20 Å². The number of methoxy groups -OCH3 is 2. The fourth-order valence-electron chi connectivity index (χ4n) is 2.65. The molecule has 0 aliphatic rings. The summed E-state index contributed by atoms with van der Waals surface area (Å²) in [5.41, 5.74) is 1.10. The van der Waals surface area contributed by atoms with E-state index in [1.165, 1.54) is 0 Å². The van der Waals surface area contributed by atoms with E-state index < -0.39 is 0 Å². The zero-order valence-corrected chi connectivity index (χ0v) is 14.2. The highest BCUT2D eigenvalue weighted by Crippen LogP contribution is 2.30. The third-order valence-electron chi connectivity index (χ3n) is 3.66. The maximum atomic E-state index is 5.75. The molecule has 0 aliphatic heterocycles. The molecule has 0 saturated heterocycles. The van der Waals surface area contributed by atoms with Gasteiger partial charge < -0.3 is 14.8 Å². The van der Waals surface area contributed by atoms with Crippen LogP contribution in [0.25, 0.3) is 0 Å². The van der Waals surface area contributed by atoms with E-state index in [9.17, 15) is 0 Å². The molecule has 0 fully saturated rings. The van der Waals surface area contributed by atoms with Crippen LogP contribution in [0.5, 0.6) is 5.75 Å². The lowest BCUT2D eigenvalue weighted by Crippen LogP contribution is -2.35. The third kappa shape index (κ3) is 4.71. The summed E-state index contributed by atoms with van der Waals surface area (Å²) in [4.78, 5) is 0. The lowest BCUT2D eigenvalue weighted by molar-refractivity contribution is 0.0569. The van der Waals surface area contributed by atoms with E-state index in [1.54, 1.807) is 14.2 Å². The molecule has 5 heteroatoms. The Labute approximate surface area is 129 Å². The Kier molecular flexibility index (Phi) is 8.38. The molecule has 1 N–H and O–H groups in total. The smallest absolute Gasteiger partial charge is 0.161 e. The standard InChI is InChI=1S/C16H31N3O2/c1-6-9-13(20-4)15(17-10-7-2)16-14(21-5)12-18-19(16)11-8-3/h12-13,15,17H,6-11H2,1-5H3. The molecule has 0 saturated carbocycles. The second-order valence-corrected chi connectivity index (χ2v) is 5.32. The minimum Gasteiger partial charge on any atom is -0.493 e. The third-order valence-corrected chi connectivity index (χ3v) is 3.66. The number of rotatable bonds is 11. The summed E-state index contributed by atoms with van der Waals surface area (Å²) in [6.45, 7) is 8.36. The molecule has 2 atom stereocenters. The van der Waals surface area contributed by atoms with Crippen molar-refractivity contribution in [1.29, 1.82) is 0 Å². The number of hydrogen-bond donors (Lipinski definition) is 1. The van der Waals surface area contributed by atoms with E-state index in [2.05, 4.69) is 31.2 Å². The summed E-state index contributed by atoms with van der Waals surface area (Å²) in [5.74, 6) is 0.843. The zero-order valence-electron chi connectivity index (χ0n) is 14.2. The van der Waals surface area contributed by atoms with Crippen LogP contribution in [0.4, 0.5) is 0 Å². The normalized spacial score (nSPS) is 14.1. The fraction of sp³-hybridized carbons (Fsp3) is 0.812. The predicted octanol–water partition coefficient (Wildman–Crippen LogP) is 3.16. The Hall–Kier alpha value is -1.07. The lowest BCUT2D eigenvalue weighted by atomic mass is 10.0. The van der Waals surface area contributed by atoms with E-state index in [1.807, 2.05) is 10.9 Å². The van der Waals surface area contributed by atoms with Crippen LogP contribution in [0.1, 0.15) is 58.2 Å². The van der Waals surface area contributed by atoms with Crippen molar-refractivity contribution in [3.05, 3.63) is 11.9 Å². The van der Waals surface area contributed by atoms with Gasteiger partial charge in [-0.05, 0) is 25.8 Å². The number of hydrogen-bond acceptors (Lipinski definition) is 4. The van der Waals surface area contributed by atoms with Crippen molar-refractivity contribution < 1.29 is 9.47 Å². The summed E-state index contributed by atoms with van der Waals surface area (Å²) in [5, 5.41) is 8.09. The van der Waals surface area contributed by atoms with Gasteiger partial charge in [0.15, 0.2) is 5.75 Å². The summed E-state index contributed by atoms with van der Waals surface area (Å²) in [7, 11) is 3.49. The molecule has 21 heavy (non-hydrogen) atoms. The summed E-state index contributed by atoms with van der Waals surface area (Å²) >= 11 is 0. The van der Waals surface area contributed by atoms with Gasteiger partial charge in [-0.2, -0.15) is 5.10 Å². The topological polar surface area (TPSA) is 48.3 Å². The van der Waals surface area contributed by atoms with Crippen LogP contribution in [0.3, 0.4) is 0 Å². The van der Waals surface area contributed by atoms with Crippen molar-refractivity contribution in [3.63, 3.8) is 0 Å². The van der Waals surface area contributed by atoms with E-state index in [-0.39, 0.29) is 12.1 Å². The fourth-order valence-corrected chi connectivity index (χ4v) is 2.65. The summed E-state index contributed by atoms with van der Waals surface area (Å²) < 4.78 is 13.3. The highest BCUT2D eigenvalue weighted by Gasteiger charge is 2.28. The van der Waals surface area contributed by atoms with Crippen molar-refractivity contribution in [3.8, 4) is 5.75 Å². The van der Waals surface area contributed by atoms with E-state index in [0.717, 1.165) is 50.2 Å². The highest BCUT2D eigenvalue weighted by molar-refractivity contribution is 5.29. The number of aryl methyl sites for hydroxylation is 1. The zero-order chi connectivity index (χ0) is 15.7. The Bertz CT molecular complexity index is 393. The molecule has 0 radical (unpaired) electrons. The Morgan fingerprint density at radius 3 is 2.48 bits per heavy atom. The largest absolute Gasteiger partial charge is 0.493 e. The monoisotopic (exact) mass is 297 g/mol. The van der Waals surface area contributed by atoms with Gasteiger partial charge in [0.2, 0.25) is 0 Å². The molecule has 1 aromatic heterocycles. The van der Waals surface area contributed by atoms with Crippen LogP contribution in [0.2, 0.25) is 0 Å². The maximum Gasteiger partial charge on any atom is 0.161 e. The second-order valence-electron chi connectivity index (χ2n) is 5.32. The van der Waals surface area contributed by atoms with E-state index in [0.29, 0.717) is 0 Å². The molecule has 0 amide bonds. The molecule has 0 bridgehead atoms. The van der Waals surface area contributed by atoms with Crippen LogP contribution in [-0.2, 0) is 11.3 Å². The van der Waals surface area contributed by atoms with Crippen molar-refractivity contribution in [2.24, 2.45) is 0 Å². The maximum absolute atomic E-state index is 5.75. The average Bonchev–Trinajstić information content (AvgIpc) is 2.89. The SMILES string of the molecule is CCCNC(c1c(OC)cnn1CCC)C(CCC)OC. The van der Waals surface area contributed by atoms with Crippen LogP contribution in [0, 0.1) is 0 Å². The summed E-state index contributed by atoms with van der Waals surface area (Å²) in [6.07, 6.45) is 6.17. The van der Waals surface area contributed by atoms with Gasteiger partial charge >= 0.3 is 0 Å². The predicted molar refractivity (Wildman–Crippen MR) is 85.8 cm³/mol. The van der Waals surface area contributed by atoms with Crippen molar-refractivity contribution in [2.75, 3.05) is 20.8 Å². The first kappa shape index (κ1) is 18.0. The minimum atomic E-state index is 0.110. The molecular formula is C16H31N3O2. The van der Waals surface area contributed by atoms with Crippen LogP contribution >= 0.6 is 0 Å². The second kappa shape index (κ2) is 9.79.